The van der Waals surface area contributed by atoms with Crippen LogP contribution in [-0.4, -0.2) is 44.6 Å². The zero-order chi connectivity index (χ0) is 22.2. The summed E-state index contributed by atoms with van der Waals surface area (Å²) >= 11 is 0. The summed E-state index contributed by atoms with van der Waals surface area (Å²) in [5.74, 6) is 0.490. The maximum Gasteiger partial charge on any atom is 0.143 e. The third-order valence-electron chi connectivity index (χ3n) is 6.21. The molecule has 2 N–H and O–H groups in total. The molecule has 164 valence electrons. The van der Waals surface area contributed by atoms with E-state index in [1.54, 1.807) is 12.1 Å². The van der Waals surface area contributed by atoms with E-state index in [0.717, 1.165) is 57.9 Å². The molecule has 32 heavy (non-hydrogen) atoms. The molecule has 2 aromatic carbocycles. The van der Waals surface area contributed by atoms with Gasteiger partial charge in [0.25, 0.3) is 0 Å². The van der Waals surface area contributed by atoms with Crippen molar-refractivity contribution in [1.29, 1.82) is 0 Å². The predicted octanol–water partition coefficient (Wildman–Crippen LogP) is 4.64. The van der Waals surface area contributed by atoms with Crippen molar-refractivity contribution < 1.29 is 14.0 Å². The van der Waals surface area contributed by atoms with E-state index in [4.69, 9.17) is 4.52 Å². The molecule has 0 radical (unpaired) electrons. The van der Waals surface area contributed by atoms with Crippen LogP contribution in [0.15, 0.2) is 59.3 Å². The monoisotopic (exact) mass is 432 g/mol. The second kappa shape index (κ2) is 8.33. The van der Waals surface area contributed by atoms with Gasteiger partial charge in [-0.25, -0.2) is 4.39 Å². The highest BCUT2D eigenvalue weighted by molar-refractivity contribution is 5.69. The lowest BCUT2D eigenvalue weighted by atomic mass is 9.93. The molecule has 2 aromatic heterocycles. The van der Waals surface area contributed by atoms with E-state index in [-0.39, 0.29) is 18.0 Å². The number of hydrogen-bond acceptors (Lipinski definition) is 5. The minimum absolute atomic E-state index is 0.0862. The number of aryl methyl sites for hydroxylation is 2. The molecule has 0 spiro atoms. The SMILES string of the molecule is Cc1noc(C)c1-c1[nH]ncc1C(c1ccc(-c2ccc(F)cc2)cc1)N1CCC(O)C1. The van der Waals surface area contributed by atoms with Gasteiger partial charge in [-0.3, -0.25) is 10.00 Å². The predicted molar refractivity (Wildman–Crippen MR) is 119 cm³/mol. The molecule has 1 aliphatic heterocycles. The normalized spacial score (nSPS) is 17.7. The van der Waals surface area contributed by atoms with Crippen LogP contribution < -0.4 is 0 Å². The lowest BCUT2D eigenvalue weighted by Gasteiger charge is -2.28. The van der Waals surface area contributed by atoms with Gasteiger partial charge >= 0.3 is 0 Å². The summed E-state index contributed by atoms with van der Waals surface area (Å²) in [6.07, 6.45) is 2.25. The van der Waals surface area contributed by atoms with E-state index in [0.29, 0.717) is 6.54 Å². The fraction of sp³-hybridized carbons (Fsp3) is 0.280. The highest BCUT2D eigenvalue weighted by Gasteiger charge is 2.32. The molecule has 3 heterocycles. The fourth-order valence-corrected chi connectivity index (χ4v) is 4.63. The van der Waals surface area contributed by atoms with Gasteiger partial charge in [0.15, 0.2) is 0 Å². The van der Waals surface area contributed by atoms with Crippen molar-refractivity contribution in [1.82, 2.24) is 20.3 Å². The van der Waals surface area contributed by atoms with Crippen LogP contribution in [0.25, 0.3) is 22.4 Å². The molecule has 7 heteroatoms. The lowest BCUT2D eigenvalue weighted by Crippen LogP contribution is -2.28. The summed E-state index contributed by atoms with van der Waals surface area (Å²) in [7, 11) is 0. The lowest BCUT2D eigenvalue weighted by molar-refractivity contribution is 0.167. The second-order valence-corrected chi connectivity index (χ2v) is 8.37. The van der Waals surface area contributed by atoms with Crippen LogP contribution in [0.5, 0.6) is 0 Å². The number of rotatable bonds is 5. The Hall–Kier alpha value is -3.29. The Labute approximate surface area is 185 Å². The summed E-state index contributed by atoms with van der Waals surface area (Å²) < 4.78 is 18.7. The van der Waals surface area contributed by atoms with Gasteiger partial charge in [-0.05, 0) is 49.1 Å². The number of aromatic nitrogens is 3. The smallest absolute Gasteiger partial charge is 0.143 e. The number of likely N-dealkylation sites (tertiary alicyclic amines) is 1. The Morgan fingerprint density at radius 1 is 1.09 bits per heavy atom. The Morgan fingerprint density at radius 3 is 2.38 bits per heavy atom. The molecular weight excluding hydrogens is 407 g/mol. The fourth-order valence-electron chi connectivity index (χ4n) is 4.63. The van der Waals surface area contributed by atoms with Gasteiger partial charge in [-0.1, -0.05) is 41.6 Å². The number of β-amino-alcohol motifs (C(OH)–C–C–N with tert-alkyl or cyclic N) is 1. The average Bonchev–Trinajstić information content (AvgIpc) is 3.51. The molecule has 0 bridgehead atoms. The highest BCUT2D eigenvalue weighted by atomic mass is 19.1. The van der Waals surface area contributed by atoms with Gasteiger partial charge in [0, 0.05) is 18.7 Å². The van der Waals surface area contributed by atoms with E-state index in [9.17, 15) is 9.50 Å². The van der Waals surface area contributed by atoms with Crippen LogP contribution in [0, 0.1) is 19.7 Å². The number of halogens is 1. The highest BCUT2D eigenvalue weighted by Crippen LogP contribution is 2.39. The maximum absolute atomic E-state index is 13.3. The average molecular weight is 432 g/mol. The third-order valence-corrected chi connectivity index (χ3v) is 6.21. The summed E-state index contributed by atoms with van der Waals surface area (Å²) in [6.45, 7) is 5.20. The van der Waals surface area contributed by atoms with E-state index in [1.807, 2.05) is 20.0 Å². The first-order valence-electron chi connectivity index (χ1n) is 10.8. The summed E-state index contributed by atoms with van der Waals surface area (Å²) in [5, 5.41) is 21.8. The number of aromatic amines is 1. The minimum Gasteiger partial charge on any atom is -0.392 e. The molecule has 6 nitrogen and oxygen atoms in total. The number of benzene rings is 2. The van der Waals surface area contributed by atoms with Crippen LogP contribution in [-0.2, 0) is 0 Å². The standard InChI is InChI=1S/C25H25FN4O2/c1-15-23(16(2)32-29-15)24-22(13-27-28-24)25(30-12-11-21(31)14-30)19-5-3-17(4-6-19)18-7-9-20(26)10-8-18/h3-10,13,21,25,31H,11-12,14H2,1-2H3,(H,27,28). The molecule has 2 atom stereocenters. The zero-order valence-electron chi connectivity index (χ0n) is 18.0. The Morgan fingerprint density at radius 2 is 1.78 bits per heavy atom. The van der Waals surface area contributed by atoms with Gasteiger partial charge in [-0.15, -0.1) is 0 Å². The summed E-state index contributed by atoms with van der Waals surface area (Å²) in [5.41, 5.74) is 6.71. The van der Waals surface area contributed by atoms with Crippen molar-refractivity contribution in [3.05, 3.63) is 83.1 Å². The van der Waals surface area contributed by atoms with Crippen molar-refractivity contribution in [3.8, 4) is 22.4 Å². The van der Waals surface area contributed by atoms with Gasteiger partial charge in [-0.2, -0.15) is 5.10 Å². The number of aliphatic hydroxyl groups is 1. The zero-order valence-corrected chi connectivity index (χ0v) is 18.0. The quantitative estimate of drug-likeness (QED) is 0.480. The molecule has 4 aromatic rings. The van der Waals surface area contributed by atoms with Crippen LogP contribution >= 0.6 is 0 Å². The van der Waals surface area contributed by atoms with E-state index >= 15 is 0 Å². The Kier molecular flexibility index (Phi) is 5.36. The number of aliphatic hydroxyl groups excluding tert-OH is 1. The topological polar surface area (TPSA) is 78.2 Å². The van der Waals surface area contributed by atoms with Crippen molar-refractivity contribution >= 4 is 0 Å². The summed E-state index contributed by atoms with van der Waals surface area (Å²) in [4.78, 5) is 2.28. The number of nitrogens with zero attached hydrogens (tertiary/aromatic N) is 3. The van der Waals surface area contributed by atoms with E-state index < -0.39 is 0 Å². The first kappa shape index (κ1) is 20.6. The maximum atomic E-state index is 13.3. The molecule has 5 rings (SSSR count). The number of H-pyrrole nitrogens is 1. The molecule has 1 fully saturated rings. The van der Waals surface area contributed by atoms with Crippen molar-refractivity contribution in [2.45, 2.75) is 32.4 Å². The van der Waals surface area contributed by atoms with E-state index in [2.05, 4.69) is 44.5 Å². The Bertz CT molecular complexity index is 1190. The van der Waals surface area contributed by atoms with Crippen molar-refractivity contribution in [3.63, 3.8) is 0 Å². The third kappa shape index (κ3) is 3.74. The molecule has 0 aliphatic carbocycles. The number of nitrogens with one attached hydrogen (secondary N) is 1. The first-order chi connectivity index (χ1) is 15.5. The first-order valence-corrected chi connectivity index (χ1v) is 10.8. The molecule has 0 saturated carbocycles. The van der Waals surface area contributed by atoms with E-state index in [1.165, 1.54) is 12.1 Å². The van der Waals surface area contributed by atoms with Crippen molar-refractivity contribution in [2.24, 2.45) is 0 Å². The van der Waals surface area contributed by atoms with Crippen LogP contribution in [0.2, 0.25) is 0 Å². The number of hydrogen-bond donors (Lipinski definition) is 2. The molecule has 2 unspecified atom stereocenters. The van der Waals surface area contributed by atoms with Crippen LogP contribution in [0.3, 0.4) is 0 Å². The largest absolute Gasteiger partial charge is 0.392 e. The van der Waals surface area contributed by atoms with Gasteiger partial charge in [0.1, 0.15) is 11.6 Å². The van der Waals surface area contributed by atoms with Gasteiger partial charge < -0.3 is 9.63 Å². The molecular formula is C25H25FN4O2. The van der Waals surface area contributed by atoms with Crippen LogP contribution in [0.1, 0.15) is 35.0 Å². The van der Waals surface area contributed by atoms with Gasteiger partial charge in [0.2, 0.25) is 0 Å². The minimum atomic E-state index is -0.342. The Balaban J connectivity index is 1.56. The summed E-state index contributed by atoms with van der Waals surface area (Å²) in [6, 6.07) is 14.7. The van der Waals surface area contributed by atoms with Crippen LogP contribution in [0.4, 0.5) is 4.39 Å². The molecule has 0 amide bonds. The van der Waals surface area contributed by atoms with Crippen molar-refractivity contribution in [2.75, 3.05) is 13.1 Å². The molecule has 1 aliphatic rings. The van der Waals surface area contributed by atoms with Gasteiger partial charge in [0.05, 0.1) is 35.3 Å². The second-order valence-electron chi connectivity index (χ2n) is 8.37. The molecule has 1 saturated heterocycles.